The van der Waals surface area contributed by atoms with Crippen LogP contribution in [0.3, 0.4) is 0 Å². The number of hydrogen-bond donors (Lipinski definition) is 2. The normalized spacial score (nSPS) is 12.9. The summed E-state index contributed by atoms with van der Waals surface area (Å²) in [4.78, 5) is 0. The minimum atomic E-state index is 0.0908. The topological polar surface area (TPSA) is 32.3 Å². The third kappa shape index (κ3) is 4.32. The zero-order chi connectivity index (χ0) is 12.1. The van der Waals surface area contributed by atoms with Crippen LogP contribution in [-0.4, -0.2) is 17.8 Å². The van der Waals surface area contributed by atoms with E-state index in [0.717, 1.165) is 16.6 Å². The Labute approximate surface area is 110 Å². The molecule has 0 aliphatic carbocycles. The Morgan fingerprint density at radius 2 is 2.12 bits per heavy atom. The number of anilines is 1. The van der Waals surface area contributed by atoms with Crippen LogP contribution in [0.2, 0.25) is 5.02 Å². The first-order valence-corrected chi connectivity index (χ1v) is 6.52. The molecule has 16 heavy (non-hydrogen) atoms. The molecule has 0 heterocycles. The van der Waals surface area contributed by atoms with Crippen LogP contribution in [0.25, 0.3) is 0 Å². The summed E-state index contributed by atoms with van der Waals surface area (Å²) in [6, 6.07) is 5.76. The molecular formula is C12H17BrClNO. The average Bonchev–Trinajstić information content (AvgIpc) is 2.22. The molecule has 0 bridgehead atoms. The molecular weight excluding hydrogens is 289 g/mol. The van der Waals surface area contributed by atoms with Gasteiger partial charge < -0.3 is 10.4 Å². The quantitative estimate of drug-likeness (QED) is 0.864. The van der Waals surface area contributed by atoms with Gasteiger partial charge in [-0.1, -0.05) is 25.4 Å². The first-order chi connectivity index (χ1) is 7.52. The van der Waals surface area contributed by atoms with Crippen LogP contribution in [0.4, 0.5) is 5.69 Å². The van der Waals surface area contributed by atoms with E-state index in [1.165, 1.54) is 0 Å². The van der Waals surface area contributed by atoms with E-state index < -0.39 is 0 Å². The predicted molar refractivity (Wildman–Crippen MR) is 73.1 cm³/mol. The fourth-order valence-corrected chi connectivity index (χ4v) is 2.07. The minimum absolute atomic E-state index is 0.0908. The molecule has 0 aromatic heterocycles. The third-order valence-electron chi connectivity index (χ3n) is 2.27. The van der Waals surface area contributed by atoms with Crippen molar-refractivity contribution < 1.29 is 5.11 Å². The number of hydrogen-bond acceptors (Lipinski definition) is 2. The number of aliphatic hydroxyl groups excluding tert-OH is 1. The van der Waals surface area contributed by atoms with Gasteiger partial charge in [-0.3, -0.25) is 0 Å². The minimum Gasteiger partial charge on any atom is -0.394 e. The summed E-state index contributed by atoms with van der Waals surface area (Å²) < 4.78 is 0.861. The molecule has 0 aliphatic heterocycles. The van der Waals surface area contributed by atoms with Crippen LogP contribution in [0.15, 0.2) is 22.7 Å². The highest BCUT2D eigenvalue weighted by Gasteiger charge is 2.10. The maximum Gasteiger partial charge on any atom is 0.0632 e. The van der Waals surface area contributed by atoms with Crippen LogP contribution in [-0.2, 0) is 0 Å². The van der Waals surface area contributed by atoms with E-state index in [4.69, 9.17) is 11.6 Å². The van der Waals surface area contributed by atoms with Gasteiger partial charge in [0.1, 0.15) is 0 Å². The lowest BCUT2D eigenvalue weighted by atomic mass is 10.0. The van der Waals surface area contributed by atoms with Gasteiger partial charge in [0.25, 0.3) is 0 Å². The van der Waals surface area contributed by atoms with Gasteiger partial charge in [0.15, 0.2) is 0 Å². The molecule has 2 N–H and O–H groups in total. The van der Waals surface area contributed by atoms with E-state index in [1.54, 1.807) is 0 Å². The molecule has 0 aliphatic rings. The van der Waals surface area contributed by atoms with Gasteiger partial charge in [0, 0.05) is 16.2 Å². The molecule has 0 fully saturated rings. The summed E-state index contributed by atoms with van der Waals surface area (Å²) in [6.07, 6.45) is 0.941. The Morgan fingerprint density at radius 3 is 2.62 bits per heavy atom. The van der Waals surface area contributed by atoms with Gasteiger partial charge in [0.05, 0.1) is 11.6 Å². The molecule has 1 rings (SSSR count). The molecule has 1 atom stereocenters. The van der Waals surface area contributed by atoms with Crippen LogP contribution in [0.1, 0.15) is 20.3 Å². The summed E-state index contributed by atoms with van der Waals surface area (Å²) in [6.45, 7) is 4.42. The number of aliphatic hydroxyl groups is 1. The fourth-order valence-electron chi connectivity index (χ4n) is 1.57. The Hall–Kier alpha value is -0.250. The lowest BCUT2D eigenvalue weighted by Crippen LogP contribution is -2.25. The number of halogens is 2. The molecule has 0 radical (unpaired) electrons. The van der Waals surface area contributed by atoms with Crippen LogP contribution in [0, 0.1) is 5.92 Å². The molecule has 1 unspecified atom stereocenters. The van der Waals surface area contributed by atoms with E-state index in [0.29, 0.717) is 10.9 Å². The second-order valence-electron chi connectivity index (χ2n) is 4.28. The van der Waals surface area contributed by atoms with Crippen molar-refractivity contribution in [2.45, 2.75) is 26.3 Å². The molecule has 0 amide bonds. The van der Waals surface area contributed by atoms with Gasteiger partial charge in [-0.15, -0.1) is 0 Å². The summed E-state index contributed by atoms with van der Waals surface area (Å²) in [5.41, 5.74) is 0.968. The highest BCUT2D eigenvalue weighted by atomic mass is 79.9. The molecule has 1 aromatic carbocycles. The molecule has 1 aromatic rings. The van der Waals surface area contributed by atoms with Crippen LogP contribution in [0.5, 0.6) is 0 Å². The lowest BCUT2D eigenvalue weighted by molar-refractivity contribution is 0.259. The maximum absolute atomic E-state index is 9.26. The van der Waals surface area contributed by atoms with Gasteiger partial charge in [-0.05, 0) is 46.5 Å². The standard InChI is InChI=1S/C12H17BrClNO/c1-8(2)5-10(7-16)15-9-3-4-12(14)11(13)6-9/h3-4,6,8,10,15-16H,5,7H2,1-2H3. The Bertz CT molecular complexity index is 344. The first kappa shape index (κ1) is 13.8. The zero-order valence-electron chi connectivity index (χ0n) is 9.50. The van der Waals surface area contributed by atoms with Crippen molar-refractivity contribution in [3.05, 3.63) is 27.7 Å². The Kier molecular flexibility index (Phi) is 5.59. The Balaban J connectivity index is 2.66. The van der Waals surface area contributed by atoms with E-state index in [-0.39, 0.29) is 12.6 Å². The molecule has 0 saturated heterocycles. The van der Waals surface area contributed by atoms with E-state index in [2.05, 4.69) is 35.1 Å². The zero-order valence-corrected chi connectivity index (χ0v) is 11.8. The van der Waals surface area contributed by atoms with Crippen molar-refractivity contribution in [3.8, 4) is 0 Å². The maximum atomic E-state index is 9.26. The Morgan fingerprint density at radius 1 is 1.44 bits per heavy atom. The van der Waals surface area contributed by atoms with Crippen molar-refractivity contribution in [1.82, 2.24) is 0 Å². The molecule has 0 saturated carbocycles. The second kappa shape index (κ2) is 6.48. The highest BCUT2D eigenvalue weighted by molar-refractivity contribution is 9.10. The molecule has 4 heteroatoms. The lowest BCUT2D eigenvalue weighted by Gasteiger charge is -2.19. The van der Waals surface area contributed by atoms with Crippen LogP contribution >= 0.6 is 27.5 Å². The largest absolute Gasteiger partial charge is 0.394 e. The van der Waals surface area contributed by atoms with Gasteiger partial charge >= 0.3 is 0 Å². The molecule has 0 spiro atoms. The number of rotatable bonds is 5. The monoisotopic (exact) mass is 305 g/mol. The third-order valence-corrected chi connectivity index (χ3v) is 3.48. The van der Waals surface area contributed by atoms with Crippen molar-refractivity contribution in [2.24, 2.45) is 5.92 Å². The summed E-state index contributed by atoms with van der Waals surface area (Å²) in [5.74, 6) is 0.556. The van der Waals surface area contributed by atoms with Crippen LogP contribution < -0.4 is 5.32 Å². The summed E-state index contributed by atoms with van der Waals surface area (Å²) in [7, 11) is 0. The predicted octanol–water partition coefficient (Wildman–Crippen LogP) is 3.92. The number of benzene rings is 1. The van der Waals surface area contributed by atoms with E-state index in [9.17, 15) is 5.11 Å². The smallest absolute Gasteiger partial charge is 0.0632 e. The van der Waals surface area contributed by atoms with Crippen molar-refractivity contribution in [1.29, 1.82) is 0 Å². The molecule has 2 nitrogen and oxygen atoms in total. The SMILES string of the molecule is CC(C)CC(CO)Nc1ccc(Cl)c(Br)c1. The summed E-state index contributed by atoms with van der Waals surface area (Å²) in [5, 5.41) is 13.2. The fraction of sp³-hybridized carbons (Fsp3) is 0.500. The van der Waals surface area contributed by atoms with E-state index >= 15 is 0 Å². The van der Waals surface area contributed by atoms with Gasteiger partial charge in [-0.2, -0.15) is 0 Å². The second-order valence-corrected chi connectivity index (χ2v) is 5.54. The average molecular weight is 307 g/mol. The van der Waals surface area contributed by atoms with E-state index in [1.807, 2.05) is 18.2 Å². The summed E-state index contributed by atoms with van der Waals surface area (Å²) >= 11 is 9.29. The highest BCUT2D eigenvalue weighted by Crippen LogP contribution is 2.26. The van der Waals surface area contributed by atoms with Gasteiger partial charge in [0.2, 0.25) is 0 Å². The van der Waals surface area contributed by atoms with Gasteiger partial charge in [-0.25, -0.2) is 0 Å². The molecule has 90 valence electrons. The van der Waals surface area contributed by atoms with Crippen molar-refractivity contribution in [2.75, 3.05) is 11.9 Å². The number of nitrogens with one attached hydrogen (secondary N) is 1. The van der Waals surface area contributed by atoms with Crippen molar-refractivity contribution in [3.63, 3.8) is 0 Å². The first-order valence-electron chi connectivity index (χ1n) is 5.35. The van der Waals surface area contributed by atoms with Crippen molar-refractivity contribution >= 4 is 33.2 Å².